The molecule has 0 saturated heterocycles. The van der Waals surface area contributed by atoms with Crippen LogP contribution in [0.4, 0.5) is 6.01 Å². The van der Waals surface area contributed by atoms with Crippen LogP contribution in [-0.2, 0) is 11.2 Å². The molecule has 1 aliphatic heterocycles. The van der Waals surface area contributed by atoms with Gasteiger partial charge in [0, 0.05) is 0 Å². The minimum absolute atomic E-state index is 0.0159. The van der Waals surface area contributed by atoms with Crippen molar-refractivity contribution in [2.75, 3.05) is 12.1 Å². The van der Waals surface area contributed by atoms with E-state index < -0.39 is 0 Å². The van der Waals surface area contributed by atoms with E-state index in [1.165, 1.54) is 6.26 Å². The normalized spacial score (nSPS) is 12.3. The minimum atomic E-state index is -0.279. The molecular formula is C15H11N3O5. The van der Waals surface area contributed by atoms with E-state index in [1.807, 2.05) is 0 Å². The fourth-order valence-electron chi connectivity index (χ4n) is 2.17. The number of rotatable bonds is 4. The molecule has 116 valence electrons. The number of furan rings is 1. The number of nitrogens with zero attached hydrogens (tertiary/aromatic N) is 2. The van der Waals surface area contributed by atoms with Crippen molar-refractivity contribution < 1.29 is 23.1 Å². The number of hydrogen-bond donors (Lipinski definition) is 1. The molecule has 23 heavy (non-hydrogen) atoms. The Balaban J connectivity index is 1.42. The summed E-state index contributed by atoms with van der Waals surface area (Å²) in [6, 6.07) is 8.75. The maximum absolute atomic E-state index is 12.0. The summed E-state index contributed by atoms with van der Waals surface area (Å²) in [5, 5.41) is 10.1. The number of amides is 1. The van der Waals surface area contributed by atoms with Gasteiger partial charge in [0.1, 0.15) is 0 Å². The molecule has 1 aromatic carbocycles. The molecule has 0 aliphatic carbocycles. The first-order valence-corrected chi connectivity index (χ1v) is 6.84. The third-order valence-corrected chi connectivity index (χ3v) is 3.20. The predicted octanol–water partition coefficient (Wildman–Crippen LogP) is 2.24. The molecule has 8 heteroatoms. The molecule has 0 spiro atoms. The lowest BCUT2D eigenvalue weighted by Crippen LogP contribution is -2.14. The van der Waals surface area contributed by atoms with Crippen molar-refractivity contribution in [3.05, 3.63) is 42.2 Å². The number of hydrogen-bond acceptors (Lipinski definition) is 7. The van der Waals surface area contributed by atoms with Gasteiger partial charge in [0.25, 0.3) is 5.89 Å². The lowest BCUT2D eigenvalue weighted by molar-refractivity contribution is -0.115. The first-order valence-electron chi connectivity index (χ1n) is 6.84. The maximum atomic E-state index is 12.0. The Morgan fingerprint density at radius 2 is 2.09 bits per heavy atom. The third kappa shape index (κ3) is 2.73. The van der Waals surface area contributed by atoms with E-state index in [-0.39, 0.29) is 31.0 Å². The fraction of sp³-hybridized carbons (Fsp3) is 0.133. The largest absolute Gasteiger partial charge is 0.459 e. The molecular weight excluding hydrogens is 302 g/mol. The van der Waals surface area contributed by atoms with Gasteiger partial charge >= 0.3 is 6.01 Å². The number of nitrogens with one attached hydrogen (secondary N) is 1. The van der Waals surface area contributed by atoms with Gasteiger partial charge in [-0.2, -0.15) is 0 Å². The van der Waals surface area contributed by atoms with Crippen LogP contribution >= 0.6 is 0 Å². The molecule has 0 unspecified atom stereocenters. The molecule has 1 N–H and O–H groups in total. The van der Waals surface area contributed by atoms with Gasteiger partial charge in [0.2, 0.25) is 12.7 Å². The topological polar surface area (TPSA) is 99.6 Å². The average molecular weight is 313 g/mol. The Morgan fingerprint density at radius 1 is 1.17 bits per heavy atom. The summed E-state index contributed by atoms with van der Waals surface area (Å²) < 4.78 is 21.0. The van der Waals surface area contributed by atoms with E-state index in [2.05, 4.69) is 15.5 Å². The second kappa shape index (κ2) is 5.48. The fourth-order valence-corrected chi connectivity index (χ4v) is 2.17. The molecule has 0 atom stereocenters. The predicted molar refractivity (Wildman–Crippen MR) is 76.9 cm³/mol. The zero-order valence-corrected chi connectivity index (χ0v) is 11.8. The maximum Gasteiger partial charge on any atom is 0.322 e. The van der Waals surface area contributed by atoms with Crippen molar-refractivity contribution in [1.82, 2.24) is 10.2 Å². The van der Waals surface area contributed by atoms with E-state index in [0.29, 0.717) is 17.3 Å². The Labute approximate surface area is 130 Å². The van der Waals surface area contributed by atoms with Crippen molar-refractivity contribution in [3.8, 4) is 23.1 Å². The number of fused-ring (bicyclic) bond motifs is 1. The summed E-state index contributed by atoms with van der Waals surface area (Å²) in [4.78, 5) is 12.0. The second-order valence-electron chi connectivity index (χ2n) is 4.80. The zero-order chi connectivity index (χ0) is 15.6. The Hall–Kier alpha value is -3.29. The minimum Gasteiger partial charge on any atom is -0.459 e. The lowest BCUT2D eigenvalue weighted by Gasteiger charge is -2.02. The van der Waals surface area contributed by atoms with E-state index >= 15 is 0 Å². The Morgan fingerprint density at radius 3 is 2.96 bits per heavy atom. The summed E-state index contributed by atoms with van der Waals surface area (Å²) in [5.41, 5.74) is 0.789. The highest BCUT2D eigenvalue weighted by Gasteiger charge is 2.16. The van der Waals surface area contributed by atoms with Crippen LogP contribution in [0, 0.1) is 0 Å². The third-order valence-electron chi connectivity index (χ3n) is 3.20. The van der Waals surface area contributed by atoms with Gasteiger partial charge in [-0.3, -0.25) is 10.1 Å². The first kappa shape index (κ1) is 13.4. The van der Waals surface area contributed by atoms with Crippen LogP contribution in [0.3, 0.4) is 0 Å². The summed E-state index contributed by atoms with van der Waals surface area (Å²) in [6.07, 6.45) is 1.65. The van der Waals surface area contributed by atoms with Gasteiger partial charge in [-0.1, -0.05) is 11.2 Å². The quantitative estimate of drug-likeness (QED) is 0.788. The van der Waals surface area contributed by atoms with Gasteiger partial charge in [-0.25, -0.2) is 0 Å². The molecule has 0 radical (unpaired) electrons. The number of ether oxygens (including phenoxy) is 2. The highest BCUT2D eigenvalue weighted by atomic mass is 16.7. The SMILES string of the molecule is O=C(Cc1ccc2c(c1)OCO2)Nc1nnc(-c2ccco2)o1. The smallest absolute Gasteiger partial charge is 0.322 e. The van der Waals surface area contributed by atoms with Gasteiger partial charge in [0.15, 0.2) is 17.3 Å². The zero-order valence-electron chi connectivity index (χ0n) is 11.8. The highest BCUT2D eigenvalue weighted by Crippen LogP contribution is 2.32. The van der Waals surface area contributed by atoms with E-state index in [9.17, 15) is 4.79 Å². The number of anilines is 1. The van der Waals surface area contributed by atoms with Crippen LogP contribution in [0.15, 0.2) is 45.4 Å². The molecule has 1 aliphatic rings. The summed E-state index contributed by atoms with van der Waals surface area (Å²) in [5.74, 6) is 1.67. The molecule has 1 amide bonds. The van der Waals surface area contributed by atoms with Gasteiger partial charge in [-0.05, 0) is 29.8 Å². The van der Waals surface area contributed by atoms with Crippen LogP contribution in [-0.4, -0.2) is 22.9 Å². The van der Waals surface area contributed by atoms with Crippen LogP contribution in [0.2, 0.25) is 0 Å². The van der Waals surface area contributed by atoms with Crippen LogP contribution in [0.1, 0.15) is 5.56 Å². The van der Waals surface area contributed by atoms with Gasteiger partial charge in [-0.15, -0.1) is 5.10 Å². The van der Waals surface area contributed by atoms with Crippen molar-refractivity contribution in [1.29, 1.82) is 0 Å². The van der Waals surface area contributed by atoms with Crippen LogP contribution in [0.5, 0.6) is 11.5 Å². The number of carbonyl (C=O) groups is 1. The van der Waals surface area contributed by atoms with Crippen molar-refractivity contribution >= 4 is 11.9 Å². The Bertz CT molecular complexity index is 841. The summed E-state index contributed by atoms with van der Waals surface area (Å²) in [7, 11) is 0. The standard InChI is InChI=1S/C15H11N3O5/c19-13(7-9-3-4-10-12(6-9)22-8-21-10)16-15-18-17-14(23-15)11-2-1-5-20-11/h1-6H,7-8H2,(H,16,18,19). The molecule has 2 aromatic heterocycles. The van der Waals surface area contributed by atoms with E-state index in [1.54, 1.807) is 30.3 Å². The van der Waals surface area contributed by atoms with Crippen molar-refractivity contribution in [3.63, 3.8) is 0 Å². The molecule has 3 aromatic rings. The number of carbonyl (C=O) groups excluding carboxylic acids is 1. The van der Waals surface area contributed by atoms with Gasteiger partial charge < -0.3 is 18.3 Å². The lowest BCUT2D eigenvalue weighted by atomic mass is 10.1. The highest BCUT2D eigenvalue weighted by molar-refractivity contribution is 5.90. The average Bonchev–Trinajstić information content (AvgIpc) is 3.27. The first-order chi connectivity index (χ1) is 11.3. The van der Waals surface area contributed by atoms with E-state index in [0.717, 1.165) is 5.56 Å². The molecule has 3 heterocycles. The van der Waals surface area contributed by atoms with Gasteiger partial charge in [0.05, 0.1) is 12.7 Å². The van der Waals surface area contributed by atoms with Crippen molar-refractivity contribution in [2.45, 2.75) is 6.42 Å². The monoisotopic (exact) mass is 313 g/mol. The summed E-state index contributed by atoms with van der Waals surface area (Å²) >= 11 is 0. The van der Waals surface area contributed by atoms with Crippen LogP contribution < -0.4 is 14.8 Å². The molecule has 0 bridgehead atoms. The van der Waals surface area contributed by atoms with Crippen LogP contribution in [0.25, 0.3) is 11.7 Å². The number of aromatic nitrogens is 2. The molecule has 0 saturated carbocycles. The summed E-state index contributed by atoms with van der Waals surface area (Å²) in [6.45, 7) is 0.197. The number of benzene rings is 1. The van der Waals surface area contributed by atoms with E-state index in [4.69, 9.17) is 18.3 Å². The molecule has 8 nitrogen and oxygen atoms in total. The van der Waals surface area contributed by atoms with Crippen molar-refractivity contribution in [2.24, 2.45) is 0 Å². The second-order valence-corrected chi connectivity index (χ2v) is 4.80. The Kier molecular flexibility index (Phi) is 3.19. The molecule has 0 fully saturated rings. The molecule has 4 rings (SSSR count).